The van der Waals surface area contributed by atoms with Gasteiger partial charge < -0.3 is 4.57 Å². The maximum atomic E-state index is 12.1. The number of nitriles is 1. The Hall–Kier alpha value is -1.76. The Morgan fingerprint density at radius 2 is 2.00 bits per heavy atom. The van der Waals surface area contributed by atoms with Gasteiger partial charge in [-0.25, -0.2) is 0 Å². The van der Waals surface area contributed by atoms with Crippen LogP contribution in [-0.2, 0) is 6.54 Å². The molecule has 0 radical (unpaired) electrons. The molecule has 0 bridgehead atoms. The van der Waals surface area contributed by atoms with Crippen LogP contribution in [0.5, 0.6) is 0 Å². The third-order valence-electron chi connectivity index (χ3n) is 2.87. The highest BCUT2D eigenvalue weighted by Gasteiger charge is 2.10. The van der Waals surface area contributed by atoms with Crippen LogP contribution in [0.2, 0.25) is 10.0 Å². The Morgan fingerprint density at radius 1 is 1.26 bits per heavy atom. The van der Waals surface area contributed by atoms with Crippen LogP contribution in [0.4, 0.5) is 0 Å². The molecule has 0 spiro atoms. The molecule has 0 amide bonds. The summed E-state index contributed by atoms with van der Waals surface area (Å²) in [5, 5.41) is 9.76. The average Bonchev–Trinajstić information content (AvgIpc) is 2.39. The van der Waals surface area contributed by atoms with Crippen molar-refractivity contribution in [3.8, 4) is 6.07 Å². The van der Waals surface area contributed by atoms with Crippen molar-refractivity contribution < 1.29 is 0 Å². The second kappa shape index (κ2) is 5.48. The summed E-state index contributed by atoms with van der Waals surface area (Å²) in [5.74, 6) is 0. The molecule has 2 rings (SSSR count). The maximum Gasteiger partial charge on any atom is 0.268 e. The van der Waals surface area contributed by atoms with Crippen LogP contribution in [0, 0.1) is 18.3 Å². The molecule has 96 valence electrons. The van der Waals surface area contributed by atoms with Gasteiger partial charge in [-0.2, -0.15) is 5.26 Å². The number of nitrogens with zero attached hydrogens (tertiary/aromatic N) is 2. The molecular weight excluding hydrogens is 283 g/mol. The van der Waals surface area contributed by atoms with Crippen molar-refractivity contribution in [2.24, 2.45) is 0 Å². The van der Waals surface area contributed by atoms with E-state index in [9.17, 15) is 4.79 Å². The second-order valence-corrected chi connectivity index (χ2v) is 4.89. The van der Waals surface area contributed by atoms with Crippen molar-refractivity contribution in [1.82, 2.24) is 4.57 Å². The van der Waals surface area contributed by atoms with Crippen LogP contribution >= 0.6 is 23.2 Å². The number of rotatable bonds is 2. The predicted molar refractivity (Wildman–Crippen MR) is 75.7 cm³/mol. The Morgan fingerprint density at radius 3 is 2.68 bits per heavy atom. The lowest BCUT2D eigenvalue weighted by molar-refractivity contribution is 0.727. The first-order valence-electron chi connectivity index (χ1n) is 5.58. The van der Waals surface area contributed by atoms with Crippen LogP contribution in [-0.4, -0.2) is 4.57 Å². The molecule has 0 N–H and O–H groups in total. The fourth-order valence-electron chi connectivity index (χ4n) is 1.79. The van der Waals surface area contributed by atoms with Gasteiger partial charge in [0.2, 0.25) is 0 Å². The SMILES string of the molecule is Cc1ccc(C#N)c(=O)n1Cc1cccc(Cl)c1Cl. The van der Waals surface area contributed by atoms with E-state index in [2.05, 4.69) is 0 Å². The monoisotopic (exact) mass is 292 g/mol. The smallest absolute Gasteiger partial charge is 0.268 e. The molecule has 2 aromatic rings. The van der Waals surface area contributed by atoms with Gasteiger partial charge in [-0.15, -0.1) is 0 Å². The van der Waals surface area contributed by atoms with E-state index in [1.54, 1.807) is 31.2 Å². The Balaban J connectivity index is 2.53. The van der Waals surface area contributed by atoms with Crippen LogP contribution in [0.15, 0.2) is 35.1 Å². The lowest BCUT2D eigenvalue weighted by Gasteiger charge is -2.12. The van der Waals surface area contributed by atoms with Gasteiger partial charge in [0, 0.05) is 5.69 Å². The van der Waals surface area contributed by atoms with Gasteiger partial charge in [0.15, 0.2) is 0 Å². The molecule has 5 heteroatoms. The van der Waals surface area contributed by atoms with E-state index < -0.39 is 0 Å². The van der Waals surface area contributed by atoms with Crippen molar-refractivity contribution >= 4 is 23.2 Å². The van der Waals surface area contributed by atoms with Crippen molar-refractivity contribution in [3.05, 3.63) is 67.6 Å². The van der Waals surface area contributed by atoms with Gasteiger partial charge >= 0.3 is 0 Å². The largest absolute Gasteiger partial charge is 0.307 e. The lowest BCUT2D eigenvalue weighted by Crippen LogP contribution is -2.25. The van der Waals surface area contributed by atoms with Crippen LogP contribution < -0.4 is 5.56 Å². The number of hydrogen-bond donors (Lipinski definition) is 0. The van der Waals surface area contributed by atoms with E-state index in [1.165, 1.54) is 10.6 Å². The molecular formula is C14H10Cl2N2O. The van der Waals surface area contributed by atoms with Gasteiger partial charge in [0.25, 0.3) is 5.56 Å². The first-order chi connectivity index (χ1) is 9.04. The molecule has 0 fully saturated rings. The molecule has 0 aliphatic heterocycles. The number of halogens is 2. The Kier molecular flexibility index (Phi) is 3.94. The molecule has 0 aliphatic carbocycles. The minimum atomic E-state index is -0.321. The van der Waals surface area contributed by atoms with Crippen molar-refractivity contribution in [1.29, 1.82) is 5.26 Å². The Labute approximate surface area is 120 Å². The standard InChI is InChI=1S/C14H10Cl2N2O/c1-9-5-6-10(7-17)14(19)18(9)8-11-3-2-4-12(15)13(11)16/h2-6H,8H2,1H3. The quantitative estimate of drug-likeness (QED) is 0.852. The third kappa shape index (κ3) is 2.65. The van der Waals surface area contributed by atoms with Crippen molar-refractivity contribution in [2.75, 3.05) is 0 Å². The van der Waals surface area contributed by atoms with E-state index in [-0.39, 0.29) is 11.1 Å². The number of benzene rings is 1. The Bertz CT molecular complexity index is 729. The molecule has 0 atom stereocenters. The summed E-state index contributed by atoms with van der Waals surface area (Å²) < 4.78 is 1.51. The molecule has 0 unspecified atom stereocenters. The highest BCUT2D eigenvalue weighted by atomic mass is 35.5. The van der Waals surface area contributed by atoms with Crippen LogP contribution in [0.1, 0.15) is 16.8 Å². The fraction of sp³-hybridized carbons (Fsp3) is 0.143. The van der Waals surface area contributed by atoms with E-state index in [0.717, 1.165) is 11.3 Å². The zero-order valence-electron chi connectivity index (χ0n) is 10.2. The number of aryl methyl sites for hydroxylation is 1. The molecule has 1 heterocycles. The zero-order valence-corrected chi connectivity index (χ0v) is 11.7. The van der Waals surface area contributed by atoms with Gasteiger partial charge in [-0.05, 0) is 30.7 Å². The first kappa shape index (κ1) is 13.7. The molecule has 1 aromatic carbocycles. The highest BCUT2D eigenvalue weighted by Crippen LogP contribution is 2.26. The zero-order chi connectivity index (χ0) is 14.0. The van der Waals surface area contributed by atoms with E-state index in [1.807, 2.05) is 6.07 Å². The van der Waals surface area contributed by atoms with Crippen LogP contribution in [0.3, 0.4) is 0 Å². The average molecular weight is 293 g/mol. The molecule has 19 heavy (non-hydrogen) atoms. The highest BCUT2D eigenvalue weighted by molar-refractivity contribution is 6.42. The van der Waals surface area contributed by atoms with Crippen molar-refractivity contribution in [2.45, 2.75) is 13.5 Å². The van der Waals surface area contributed by atoms with E-state index in [0.29, 0.717) is 16.6 Å². The first-order valence-corrected chi connectivity index (χ1v) is 6.33. The molecule has 0 aliphatic rings. The second-order valence-electron chi connectivity index (χ2n) is 4.10. The summed E-state index contributed by atoms with van der Waals surface area (Å²) in [7, 11) is 0. The maximum absolute atomic E-state index is 12.1. The molecule has 0 saturated heterocycles. The molecule has 3 nitrogen and oxygen atoms in total. The summed E-state index contributed by atoms with van der Waals surface area (Å²) in [5.41, 5.74) is 1.30. The fourth-order valence-corrected chi connectivity index (χ4v) is 2.17. The van der Waals surface area contributed by atoms with Gasteiger partial charge in [-0.3, -0.25) is 4.79 Å². The molecule has 0 saturated carbocycles. The molecule has 1 aromatic heterocycles. The topological polar surface area (TPSA) is 45.8 Å². The third-order valence-corrected chi connectivity index (χ3v) is 3.73. The number of hydrogen-bond acceptors (Lipinski definition) is 2. The summed E-state index contributed by atoms with van der Waals surface area (Å²) in [6, 6.07) is 10.4. The van der Waals surface area contributed by atoms with Crippen molar-refractivity contribution in [3.63, 3.8) is 0 Å². The number of pyridine rings is 1. The summed E-state index contributed by atoms with van der Waals surface area (Å²) >= 11 is 12.1. The van der Waals surface area contributed by atoms with Gasteiger partial charge in [-0.1, -0.05) is 35.3 Å². The lowest BCUT2D eigenvalue weighted by atomic mass is 10.2. The minimum Gasteiger partial charge on any atom is -0.307 e. The van der Waals surface area contributed by atoms with E-state index in [4.69, 9.17) is 28.5 Å². The number of aromatic nitrogens is 1. The minimum absolute atomic E-state index is 0.115. The predicted octanol–water partition coefficient (Wildman–Crippen LogP) is 3.38. The van der Waals surface area contributed by atoms with Crippen LogP contribution in [0.25, 0.3) is 0 Å². The summed E-state index contributed by atoms with van der Waals surface area (Å²) in [6.07, 6.45) is 0. The normalized spacial score (nSPS) is 10.2. The summed E-state index contributed by atoms with van der Waals surface area (Å²) in [4.78, 5) is 12.1. The summed E-state index contributed by atoms with van der Waals surface area (Å²) in [6.45, 7) is 2.10. The van der Waals surface area contributed by atoms with E-state index >= 15 is 0 Å². The van der Waals surface area contributed by atoms with Gasteiger partial charge in [0.1, 0.15) is 11.6 Å². The van der Waals surface area contributed by atoms with Gasteiger partial charge in [0.05, 0.1) is 16.6 Å².